The van der Waals surface area contributed by atoms with Crippen LogP contribution in [0.3, 0.4) is 0 Å². The molecule has 0 aromatic rings. The van der Waals surface area contributed by atoms with Crippen LogP contribution in [0.15, 0.2) is 12.7 Å². The summed E-state index contributed by atoms with van der Waals surface area (Å²) in [4.78, 5) is 0. The highest BCUT2D eigenvalue weighted by Gasteiger charge is 2.63. The molecular formula is C26H44OS. The van der Waals surface area contributed by atoms with E-state index in [1.165, 1.54) is 64.2 Å². The molecule has 5 aliphatic rings. The van der Waals surface area contributed by atoms with Gasteiger partial charge in [-0.05, 0) is 118 Å². The summed E-state index contributed by atoms with van der Waals surface area (Å²) in [5.41, 5.74) is 1.11. The second-order valence-corrected chi connectivity index (χ2v) is 12.5. The van der Waals surface area contributed by atoms with E-state index in [0.717, 1.165) is 42.4 Å². The Balaban J connectivity index is 0.000000604. The average Bonchev–Trinajstić information content (AvgIpc) is 3.05. The summed E-state index contributed by atoms with van der Waals surface area (Å²) in [6, 6.07) is 0. The van der Waals surface area contributed by atoms with Gasteiger partial charge in [0.2, 0.25) is 0 Å². The second kappa shape index (κ2) is 7.63. The van der Waals surface area contributed by atoms with Gasteiger partial charge < -0.3 is 5.11 Å². The number of thiol groups is 1. The van der Waals surface area contributed by atoms with E-state index in [1.54, 1.807) is 6.08 Å². The van der Waals surface area contributed by atoms with Crippen LogP contribution in [-0.2, 0) is 0 Å². The van der Waals surface area contributed by atoms with Crippen molar-refractivity contribution in [1.29, 1.82) is 0 Å². The van der Waals surface area contributed by atoms with Gasteiger partial charge in [0, 0.05) is 4.75 Å². The summed E-state index contributed by atoms with van der Waals surface area (Å²) in [7, 11) is 0. The lowest BCUT2D eigenvalue weighted by molar-refractivity contribution is -0.119. The number of allylic oxidation sites excluding steroid dienone is 1. The molecule has 2 heteroatoms. The Morgan fingerprint density at radius 3 is 2.43 bits per heavy atom. The predicted molar refractivity (Wildman–Crippen MR) is 123 cm³/mol. The van der Waals surface area contributed by atoms with Crippen molar-refractivity contribution < 1.29 is 5.11 Å². The smallest absolute Gasteiger partial charge is 0.0543 e. The lowest BCUT2D eigenvalue weighted by Gasteiger charge is -2.66. The number of rotatable bonds is 0. The molecule has 0 aliphatic heterocycles. The first kappa shape index (κ1) is 21.3. The van der Waals surface area contributed by atoms with Crippen LogP contribution in [0.1, 0.15) is 97.8 Å². The van der Waals surface area contributed by atoms with Crippen molar-refractivity contribution in [3.8, 4) is 0 Å². The van der Waals surface area contributed by atoms with Crippen molar-refractivity contribution in [3.63, 3.8) is 0 Å². The highest BCUT2D eigenvalue weighted by atomic mass is 32.1. The first-order chi connectivity index (χ1) is 13.3. The largest absolute Gasteiger partial charge is 0.393 e. The molecule has 0 bridgehead atoms. The van der Waals surface area contributed by atoms with Gasteiger partial charge in [-0.2, -0.15) is 12.6 Å². The van der Waals surface area contributed by atoms with Gasteiger partial charge in [0.05, 0.1) is 6.10 Å². The zero-order chi connectivity index (χ0) is 20.2. The molecule has 5 saturated carbocycles. The molecule has 0 aromatic heterocycles. The summed E-state index contributed by atoms with van der Waals surface area (Å²) in [6.07, 6.45) is 18.0. The van der Waals surface area contributed by atoms with E-state index in [-0.39, 0.29) is 6.10 Å². The van der Waals surface area contributed by atoms with Gasteiger partial charge in [-0.15, -0.1) is 6.58 Å². The standard InChI is InChI=1S/C23H38OS.C3H6/c1-21-10-3-4-18(21)17-5-6-20-22(2)12-8-16(24)14-15(22)7-13-23(20,25)19(17)9-11-21;1-3-2/h15-20,24-25H,3-14H2,1-2H3;3H,1H2,2H3/t15?,16-,17?,18?,19?,20?,21+,22-,23+;/m0./s1. The van der Waals surface area contributed by atoms with Crippen molar-refractivity contribution in [3.05, 3.63) is 12.7 Å². The summed E-state index contributed by atoms with van der Waals surface area (Å²) < 4.78 is 0.292. The Bertz CT molecular complexity index is 589. The van der Waals surface area contributed by atoms with Crippen LogP contribution in [0.25, 0.3) is 0 Å². The van der Waals surface area contributed by atoms with E-state index in [0.29, 0.717) is 15.6 Å². The van der Waals surface area contributed by atoms with Crippen molar-refractivity contribution in [1.82, 2.24) is 0 Å². The summed E-state index contributed by atoms with van der Waals surface area (Å²) >= 11 is 5.59. The highest BCUT2D eigenvalue weighted by molar-refractivity contribution is 7.81. The van der Waals surface area contributed by atoms with Crippen LogP contribution in [0, 0.1) is 40.4 Å². The maximum Gasteiger partial charge on any atom is 0.0543 e. The molecule has 1 N–H and O–H groups in total. The van der Waals surface area contributed by atoms with Crippen molar-refractivity contribution >= 4 is 12.6 Å². The zero-order valence-electron chi connectivity index (χ0n) is 18.6. The van der Waals surface area contributed by atoms with Crippen LogP contribution < -0.4 is 0 Å². The van der Waals surface area contributed by atoms with Gasteiger partial charge in [0.25, 0.3) is 0 Å². The Morgan fingerprint density at radius 2 is 1.68 bits per heavy atom. The fourth-order valence-corrected chi connectivity index (χ4v) is 10.0. The van der Waals surface area contributed by atoms with Gasteiger partial charge >= 0.3 is 0 Å². The first-order valence-electron chi connectivity index (χ1n) is 12.3. The van der Waals surface area contributed by atoms with Crippen molar-refractivity contribution in [2.45, 2.75) is 109 Å². The van der Waals surface area contributed by atoms with Gasteiger partial charge in [0.1, 0.15) is 0 Å². The maximum absolute atomic E-state index is 10.2. The van der Waals surface area contributed by atoms with Gasteiger partial charge in [-0.1, -0.05) is 26.3 Å². The van der Waals surface area contributed by atoms with Crippen LogP contribution in [0.2, 0.25) is 0 Å². The van der Waals surface area contributed by atoms with E-state index in [1.807, 2.05) is 6.92 Å². The molecule has 5 fully saturated rings. The fourth-order valence-electron chi connectivity index (χ4n) is 9.14. The van der Waals surface area contributed by atoms with E-state index < -0.39 is 0 Å². The van der Waals surface area contributed by atoms with Gasteiger partial charge in [0.15, 0.2) is 0 Å². The third kappa shape index (κ3) is 3.15. The minimum absolute atomic E-state index is 0.0318. The normalized spacial score (nSPS) is 54.9. The minimum atomic E-state index is -0.0318. The molecule has 0 heterocycles. The Kier molecular flexibility index (Phi) is 5.80. The Morgan fingerprint density at radius 1 is 0.929 bits per heavy atom. The number of aliphatic hydroxyl groups is 1. The number of aliphatic hydroxyl groups excluding tert-OH is 1. The lowest BCUT2D eigenvalue weighted by Crippen LogP contribution is -2.62. The summed E-state index contributed by atoms with van der Waals surface area (Å²) in [5, 5.41) is 10.2. The molecule has 0 spiro atoms. The molecule has 0 aromatic carbocycles. The number of hydrogen-bond donors (Lipinski definition) is 2. The molecule has 9 atom stereocenters. The SMILES string of the molecule is C=CC.C[C@]12CCCC1C1CCC3[C@@]4(C)CC[C@H](O)CC4CC[C@@]3(S)C1CC2. The topological polar surface area (TPSA) is 20.2 Å². The first-order valence-corrected chi connectivity index (χ1v) is 12.7. The molecule has 5 unspecified atom stereocenters. The average molecular weight is 405 g/mol. The van der Waals surface area contributed by atoms with Gasteiger partial charge in [-0.25, -0.2) is 0 Å². The molecule has 1 nitrogen and oxygen atoms in total. The monoisotopic (exact) mass is 404 g/mol. The third-order valence-corrected chi connectivity index (χ3v) is 11.3. The molecule has 0 saturated heterocycles. The fraction of sp³-hybridized carbons (Fsp3) is 0.923. The summed E-state index contributed by atoms with van der Waals surface area (Å²) in [5.74, 6) is 4.37. The van der Waals surface area contributed by atoms with Crippen LogP contribution in [0.4, 0.5) is 0 Å². The molecule has 0 radical (unpaired) electrons. The second-order valence-electron chi connectivity index (χ2n) is 11.7. The van der Waals surface area contributed by atoms with Crippen LogP contribution >= 0.6 is 12.6 Å². The molecule has 0 amide bonds. The highest BCUT2D eigenvalue weighted by Crippen LogP contribution is 2.69. The molecule has 160 valence electrons. The van der Waals surface area contributed by atoms with E-state index >= 15 is 0 Å². The molecule has 5 aliphatic carbocycles. The maximum atomic E-state index is 10.2. The minimum Gasteiger partial charge on any atom is -0.393 e. The Hall–Kier alpha value is 0.0500. The number of hydrogen-bond acceptors (Lipinski definition) is 2. The van der Waals surface area contributed by atoms with E-state index in [4.69, 9.17) is 12.6 Å². The van der Waals surface area contributed by atoms with Crippen LogP contribution in [-0.4, -0.2) is 16.0 Å². The summed E-state index contributed by atoms with van der Waals surface area (Å²) in [6.45, 7) is 10.4. The lowest BCUT2D eigenvalue weighted by atomic mass is 9.43. The van der Waals surface area contributed by atoms with E-state index in [2.05, 4.69) is 20.4 Å². The molecule has 5 rings (SSSR count). The molecule has 28 heavy (non-hydrogen) atoms. The third-order valence-electron chi connectivity index (χ3n) is 10.4. The van der Waals surface area contributed by atoms with Crippen LogP contribution in [0.5, 0.6) is 0 Å². The zero-order valence-corrected chi connectivity index (χ0v) is 19.5. The number of fused-ring (bicyclic) bond motifs is 7. The van der Waals surface area contributed by atoms with Crippen molar-refractivity contribution in [2.24, 2.45) is 40.4 Å². The van der Waals surface area contributed by atoms with Gasteiger partial charge in [-0.3, -0.25) is 0 Å². The van der Waals surface area contributed by atoms with E-state index in [9.17, 15) is 5.11 Å². The quantitative estimate of drug-likeness (QED) is 0.327. The Labute approximate surface area is 179 Å². The van der Waals surface area contributed by atoms with Crippen molar-refractivity contribution in [2.75, 3.05) is 0 Å². The molecular weight excluding hydrogens is 360 g/mol. The predicted octanol–water partition coefficient (Wildman–Crippen LogP) is 7.05.